The van der Waals surface area contributed by atoms with E-state index in [0.717, 1.165) is 27.8 Å². The smallest absolute Gasteiger partial charge is 0.331 e. The molecule has 3 heterocycles. The summed E-state index contributed by atoms with van der Waals surface area (Å²) in [6, 6.07) is 13.0. The minimum Gasteiger partial charge on any atom is -0.341 e. The molecule has 5 rings (SSSR count). The van der Waals surface area contributed by atoms with Crippen LogP contribution >= 0.6 is 11.6 Å². The summed E-state index contributed by atoms with van der Waals surface area (Å²) in [6.07, 6.45) is 3.54. The number of para-hydroxylation sites is 1. The molecule has 1 N–H and O–H groups in total. The Balaban J connectivity index is 1.28. The van der Waals surface area contributed by atoms with Gasteiger partial charge in [0.2, 0.25) is 5.91 Å². The maximum atomic E-state index is 13.2. The van der Waals surface area contributed by atoms with E-state index in [1.54, 1.807) is 17.0 Å². The molecule has 3 aromatic rings. The summed E-state index contributed by atoms with van der Waals surface area (Å²) in [5.74, 6) is -0.203. The molecule has 0 saturated carbocycles. The summed E-state index contributed by atoms with van der Waals surface area (Å²) in [7, 11) is 1.41. The van der Waals surface area contributed by atoms with Crippen molar-refractivity contribution in [3.63, 3.8) is 0 Å². The number of hydrogen-bond acceptors (Lipinski definition) is 4. The molecule has 0 spiro atoms. The minimum absolute atomic E-state index is 0.0334. The maximum absolute atomic E-state index is 13.2. The number of rotatable bonds is 4. The molecule has 1 saturated heterocycles. The van der Waals surface area contributed by atoms with Crippen molar-refractivity contribution in [1.82, 2.24) is 18.9 Å². The number of nitrogens with one attached hydrogen (secondary N) is 1. The molecule has 0 radical (unpaired) electrons. The van der Waals surface area contributed by atoms with Crippen LogP contribution in [-0.2, 0) is 24.8 Å². The SMILES string of the molecule is Cc1ccc(Cl)cc1-c1cn(CC(=O)N2CCC(N3CCc4ccccc4NC3=O)CC2)c(=O)n(C)c1=O. The Morgan fingerprint density at radius 2 is 1.76 bits per heavy atom. The molecule has 38 heavy (non-hydrogen) atoms. The molecule has 0 bridgehead atoms. The lowest BCUT2D eigenvalue weighted by Crippen LogP contribution is -2.51. The van der Waals surface area contributed by atoms with Crippen LogP contribution in [0.2, 0.25) is 5.02 Å². The molecule has 0 atom stereocenters. The number of carbonyl (C=O) groups is 2. The molecule has 1 aromatic heterocycles. The Labute approximate surface area is 225 Å². The second-order valence-corrected chi connectivity index (χ2v) is 10.4. The lowest BCUT2D eigenvalue weighted by atomic mass is 10.0. The van der Waals surface area contributed by atoms with Gasteiger partial charge in [-0.2, -0.15) is 0 Å². The van der Waals surface area contributed by atoms with Crippen LogP contribution in [0.3, 0.4) is 0 Å². The van der Waals surface area contributed by atoms with Gasteiger partial charge in [0.05, 0.1) is 5.56 Å². The third kappa shape index (κ3) is 4.98. The van der Waals surface area contributed by atoms with Crippen molar-refractivity contribution in [2.45, 2.75) is 38.8 Å². The highest BCUT2D eigenvalue weighted by molar-refractivity contribution is 6.30. The van der Waals surface area contributed by atoms with Gasteiger partial charge in [0, 0.05) is 49.6 Å². The lowest BCUT2D eigenvalue weighted by Gasteiger charge is -2.38. The second kappa shape index (κ2) is 10.5. The van der Waals surface area contributed by atoms with Crippen LogP contribution < -0.4 is 16.6 Å². The number of amides is 3. The zero-order chi connectivity index (χ0) is 27.0. The van der Waals surface area contributed by atoms with Crippen LogP contribution in [0.4, 0.5) is 10.5 Å². The van der Waals surface area contributed by atoms with E-state index in [4.69, 9.17) is 11.6 Å². The maximum Gasteiger partial charge on any atom is 0.331 e. The van der Waals surface area contributed by atoms with Gasteiger partial charge in [-0.05, 0) is 61.1 Å². The summed E-state index contributed by atoms with van der Waals surface area (Å²) >= 11 is 6.16. The monoisotopic (exact) mass is 535 g/mol. The summed E-state index contributed by atoms with van der Waals surface area (Å²) in [6.45, 7) is 3.28. The first-order valence-corrected chi connectivity index (χ1v) is 13.1. The van der Waals surface area contributed by atoms with E-state index in [2.05, 4.69) is 5.32 Å². The second-order valence-electron chi connectivity index (χ2n) is 9.92. The lowest BCUT2D eigenvalue weighted by molar-refractivity contribution is -0.133. The molecule has 0 aliphatic carbocycles. The molecule has 2 aromatic carbocycles. The Bertz CT molecular complexity index is 1520. The number of aromatic nitrogens is 2. The summed E-state index contributed by atoms with van der Waals surface area (Å²) in [5, 5.41) is 3.49. The first kappa shape index (κ1) is 25.8. The minimum atomic E-state index is -0.553. The number of aryl methyl sites for hydroxylation is 1. The third-order valence-electron chi connectivity index (χ3n) is 7.55. The topological polar surface area (TPSA) is 96.7 Å². The van der Waals surface area contributed by atoms with Crippen LogP contribution in [0.5, 0.6) is 0 Å². The number of urea groups is 1. The summed E-state index contributed by atoms with van der Waals surface area (Å²) in [4.78, 5) is 55.4. The number of benzene rings is 2. The van der Waals surface area contributed by atoms with Gasteiger partial charge in [0.15, 0.2) is 0 Å². The molecule has 198 valence electrons. The molecule has 2 aliphatic rings. The highest BCUT2D eigenvalue weighted by Crippen LogP contribution is 2.26. The first-order chi connectivity index (χ1) is 18.2. The Hall–Kier alpha value is -3.85. The van der Waals surface area contributed by atoms with E-state index in [0.29, 0.717) is 48.6 Å². The molecule has 10 heteroatoms. The number of nitrogens with zero attached hydrogens (tertiary/aromatic N) is 4. The molecule has 1 fully saturated rings. The predicted octanol–water partition coefficient (Wildman–Crippen LogP) is 3.26. The van der Waals surface area contributed by atoms with E-state index in [1.165, 1.54) is 17.8 Å². The van der Waals surface area contributed by atoms with E-state index in [1.807, 2.05) is 42.2 Å². The van der Waals surface area contributed by atoms with Crippen molar-refractivity contribution in [1.29, 1.82) is 0 Å². The van der Waals surface area contributed by atoms with Crippen molar-refractivity contribution in [2.75, 3.05) is 25.0 Å². The van der Waals surface area contributed by atoms with Gasteiger partial charge in [-0.3, -0.25) is 18.7 Å². The van der Waals surface area contributed by atoms with Gasteiger partial charge in [0.1, 0.15) is 6.54 Å². The normalized spacial score (nSPS) is 16.1. The highest BCUT2D eigenvalue weighted by Gasteiger charge is 2.31. The number of anilines is 1. The number of hydrogen-bond donors (Lipinski definition) is 1. The zero-order valence-corrected chi connectivity index (χ0v) is 22.2. The van der Waals surface area contributed by atoms with Crippen molar-refractivity contribution in [3.8, 4) is 11.1 Å². The Kier molecular flexibility index (Phi) is 7.12. The van der Waals surface area contributed by atoms with Crippen molar-refractivity contribution < 1.29 is 9.59 Å². The van der Waals surface area contributed by atoms with Gasteiger partial charge < -0.3 is 15.1 Å². The van der Waals surface area contributed by atoms with Gasteiger partial charge in [0.25, 0.3) is 5.56 Å². The fraction of sp³-hybridized carbons (Fsp3) is 0.357. The number of halogens is 1. The number of piperidine rings is 1. The fourth-order valence-electron chi connectivity index (χ4n) is 5.32. The molecular weight excluding hydrogens is 506 g/mol. The van der Waals surface area contributed by atoms with Crippen molar-refractivity contribution >= 4 is 29.2 Å². The average molecular weight is 536 g/mol. The van der Waals surface area contributed by atoms with Crippen LogP contribution in [0, 0.1) is 6.92 Å². The summed E-state index contributed by atoms with van der Waals surface area (Å²) < 4.78 is 2.30. The van der Waals surface area contributed by atoms with Gasteiger partial charge in [-0.1, -0.05) is 35.9 Å². The highest BCUT2D eigenvalue weighted by atomic mass is 35.5. The number of carbonyl (C=O) groups excluding carboxylic acids is 2. The molecule has 2 aliphatic heterocycles. The molecule has 3 amide bonds. The standard InChI is InChI=1S/C28H30ClN5O4/c1-18-7-8-20(29)15-22(18)23-16-33(28(38)31(2)26(23)36)17-25(35)32-12-10-21(11-13-32)34-14-9-19-5-3-4-6-24(19)30-27(34)37/h3-8,15-16,21H,9-14,17H2,1-2H3,(H,30,37). The summed E-state index contributed by atoms with van der Waals surface area (Å²) in [5.41, 5.74) is 2.74. The molecule has 0 unspecified atom stereocenters. The van der Waals surface area contributed by atoms with Gasteiger partial charge in [-0.15, -0.1) is 0 Å². The number of likely N-dealkylation sites (tertiary alicyclic amines) is 1. The third-order valence-corrected chi connectivity index (χ3v) is 7.78. The first-order valence-electron chi connectivity index (χ1n) is 12.7. The Morgan fingerprint density at radius 1 is 1.03 bits per heavy atom. The van der Waals surface area contributed by atoms with Crippen molar-refractivity contribution in [2.24, 2.45) is 7.05 Å². The van der Waals surface area contributed by atoms with Crippen LogP contribution in [0.25, 0.3) is 11.1 Å². The van der Waals surface area contributed by atoms with Gasteiger partial charge in [-0.25, -0.2) is 9.59 Å². The average Bonchev–Trinajstić information content (AvgIpc) is 3.08. The van der Waals surface area contributed by atoms with Crippen molar-refractivity contribution in [3.05, 3.63) is 85.6 Å². The zero-order valence-electron chi connectivity index (χ0n) is 21.4. The van der Waals surface area contributed by atoms with Crippen LogP contribution in [-0.4, -0.2) is 56.5 Å². The van der Waals surface area contributed by atoms with Crippen LogP contribution in [0.15, 0.2) is 58.3 Å². The number of fused-ring (bicyclic) bond motifs is 1. The fourth-order valence-corrected chi connectivity index (χ4v) is 5.49. The van der Waals surface area contributed by atoms with E-state index in [9.17, 15) is 19.2 Å². The largest absolute Gasteiger partial charge is 0.341 e. The molecule has 9 nitrogen and oxygen atoms in total. The molecular formula is C28H30ClN5O4. The van der Waals surface area contributed by atoms with Gasteiger partial charge >= 0.3 is 11.7 Å². The van der Waals surface area contributed by atoms with E-state index >= 15 is 0 Å². The van der Waals surface area contributed by atoms with E-state index in [-0.39, 0.29) is 24.5 Å². The van der Waals surface area contributed by atoms with Crippen LogP contribution in [0.1, 0.15) is 24.0 Å². The Morgan fingerprint density at radius 3 is 2.53 bits per heavy atom. The predicted molar refractivity (Wildman–Crippen MR) is 147 cm³/mol. The van der Waals surface area contributed by atoms with E-state index < -0.39 is 11.2 Å². The quantitative estimate of drug-likeness (QED) is 0.554.